The van der Waals surface area contributed by atoms with Crippen LogP contribution in [0.1, 0.15) is 38.5 Å². The van der Waals surface area contributed by atoms with Gasteiger partial charge in [0.1, 0.15) is 0 Å². The first-order valence-electron chi connectivity index (χ1n) is 4.73. The third kappa shape index (κ3) is 1.30. The first kappa shape index (κ1) is 7.56. The van der Waals surface area contributed by atoms with Gasteiger partial charge in [0.25, 0.3) is 0 Å². The molecule has 2 aliphatic rings. The molecule has 0 aromatic heterocycles. The summed E-state index contributed by atoms with van der Waals surface area (Å²) in [5.41, 5.74) is 5.81. The van der Waals surface area contributed by atoms with E-state index < -0.39 is 0 Å². The molecule has 1 aliphatic carbocycles. The van der Waals surface area contributed by atoms with Crippen molar-refractivity contribution < 1.29 is 4.74 Å². The fourth-order valence-electron chi connectivity index (χ4n) is 2.22. The summed E-state index contributed by atoms with van der Waals surface area (Å²) in [6, 6.07) is 0. The number of hydrogen-bond donors (Lipinski definition) is 1. The maximum Gasteiger partial charge on any atom is 0.0687 e. The van der Waals surface area contributed by atoms with Crippen LogP contribution in [0.25, 0.3) is 0 Å². The molecule has 0 bridgehead atoms. The lowest BCUT2D eigenvalue weighted by Crippen LogP contribution is -2.37. The molecule has 1 unspecified atom stereocenters. The molecule has 0 aromatic rings. The summed E-state index contributed by atoms with van der Waals surface area (Å²) in [7, 11) is 0. The minimum absolute atomic E-state index is 0.333. The van der Waals surface area contributed by atoms with Crippen LogP contribution in [0.3, 0.4) is 0 Å². The standard InChI is InChI=1S/C9H17NO/c10-7-3-8-2-6-9(11-8)4-1-5-9/h8H,1-7,10H2. The van der Waals surface area contributed by atoms with Crippen LogP contribution in [-0.2, 0) is 4.74 Å². The molecule has 1 saturated heterocycles. The van der Waals surface area contributed by atoms with E-state index in [1.165, 1.54) is 32.1 Å². The summed E-state index contributed by atoms with van der Waals surface area (Å²) in [6.07, 6.45) is 8.05. The summed E-state index contributed by atoms with van der Waals surface area (Å²) in [5, 5.41) is 0. The minimum atomic E-state index is 0.333. The van der Waals surface area contributed by atoms with Crippen molar-refractivity contribution in [1.29, 1.82) is 0 Å². The molecule has 0 aromatic carbocycles. The van der Waals surface area contributed by atoms with E-state index in [0.717, 1.165) is 13.0 Å². The first-order valence-corrected chi connectivity index (χ1v) is 4.73. The van der Waals surface area contributed by atoms with Crippen molar-refractivity contribution in [1.82, 2.24) is 0 Å². The van der Waals surface area contributed by atoms with Crippen molar-refractivity contribution in [2.45, 2.75) is 50.2 Å². The molecule has 1 saturated carbocycles. The highest BCUT2D eigenvalue weighted by Gasteiger charge is 2.44. The zero-order chi connectivity index (χ0) is 7.73. The fourth-order valence-corrected chi connectivity index (χ4v) is 2.22. The summed E-state index contributed by atoms with van der Waals surface area (Å²) in [6.45, 7) is 0.779. The Morgan fingerprint density at radius 3 is 2.64 bits per heavy atom. The molecule has 1 spiro atoms. The average molecular weight is 155 g/mol. The lowest BCUT2D eigenvalue weighted by Gasteiger charge is -2.37. The van der Waals surface area contributed by atoms with Gasteiger partial charge in [0, 0.05) is 0 Å². The predicted octanol–water partition coefficient (Wildman–Crippen LogP) is 1.44. The van der Waals surface area contributed by atoms with Gasteiger partial charge in [-0.1, -0.05) is 0 Å². The molecule has 0 amide bonds. The van der Waals surface area contributed by atoms with Gasteiger partial charge in [-0.05, 0) is 45.1 Å². The Morgan fingerprint density at radius 1 is 1.36 bits per heavy atom. The highest BCUT2D eigenvalue weighted by atomic mass is 16.5. The second-order valence-corrected chi connectivity index (χ2v) is 3.89. The third-order valence-electron chi connectivity index (χ3n) is 3.09. The minimum Gasteiger partial charge on any atom is -0.372 e. The molecule has 1 heterocycles. The summed E-state index contributed by atoms with van der Waals surface area (Å²) in [4.78, 5) is 0. The number of nitrogens with two attached hydrogens (primary N) is 1. The monoisotopic (exact) mass is 155 g/mol. The molecule has 2 N–H and O–H groups in total. The Kier molecular flexibility index (Phi) is 1.90. The van der Waals surface area contributed by atoms with E-state index in [9.17, 15) is 0 Å². The predicted molar refractivity (Wildman–Crippen MR) is 44.4 cm³/mol. The van der Waals surface area contributed by atoms with Gasteiger partial charge in [-0.15, -0.1) is 0 Å². The lowest BCUT2D eigenvalue weighted by atomic mass is 9.78. The van der Waals surface area contributed by atoms with Crippen molar-refractivity contribution in [3.8, 4) is 0 Å². The van der Waals surface area contributed by atoms with E-state index in [1.54, 1.807) is 0 Å². The first-order chi connectivity index (χ1) is 5.35. The maximum absolute atomic E-state index is 5.95. The summed E-state index contributed by atoms with van der Waals surface area (Å²) >= 11 is 0. The van der Waals surface area contributed by atoms with Crippen molar-refractivity contribution in [3.05, 3.63) is 0 Å². The van der Waals surface area contributed by atoms with Gasteiger partial charge in [0.2, 0.25) is 0 Å². The van der Waals surface area contributed by atoms with E-state index >= 15 is 0 Å². The van der Waals surface area contributed by atoms with E-state index in [1.807, 2.05) is 0 Å². The van der Waals surface area contributed by atoms with Crippen molar-refractivity contribution in [2.24, 2.45) is 5.73 Å². The van der Waals surface area contributed by atoms with Gasteiger partial charge >= 0.3 is 0 Å². The zero-order valence-electron chi connectivity index (χ0n) is 7.01. The Labute approximate surface area is 68.1 Å². The molecule has 2 rings (SSSR count). The van der Waals surface area contributed by atoms with Gasteiger partial charge in [0.15, 0.2) is 0 Å². The molecule has 1 aliphatic heterocycles. The van der Waals surface area contributed by atoms with Gasteiger partial charge in [-0.2, -0.15) is 0 Å². The second-order valence-electron chi connectivity index (χ2n) is 3.89. The second kappa shape index (κ2) is 2.76. The van der Waals surface area contributed by atoms with E-state index in [4.69, 9.17) is 10.5 Å². The lowest BCUT2D eigenvalue weighted by molar-refractivity contribution is -0.0917. The van der Waals surface area contributed by atoms with Gasteiger partial charge in [0.05, 0.1) is 11.7 Å². The van der Waals surface area contributed by atoms with Crippen LogP contribution in [0, 0.1) is 0 Å². The number of rotatable bonds is 2. The van der Waals surface area contributed by atoms with Gasteiger partial charge in [-0.25, -0.2) is 0 Å². The molecular formula is C9H17NO. The van der Waals surface area contributed by atoms with Crippen molar-refractivity contribution >= 4 is 0 Å². The molecule has 1 atom stereocenters. The largest absolute Gasteiger partial charge is 0.372 e. The Balaban J connectivity index is 1.83. The molecule has 11 heavy (non-hydrogen) atoms. The van der Waals surface area contributed by atoms with Gasteiger partial charge in [-0.3, -0.25) is 0 Å². The molecular weight excluding hydrogens is 138 g/mol. The summed E-state index contributed by atoms with van der Waals surface area (Å²) < 4.78 is 5.95. The van der Waals surface area contributed by atoms with E-state index in [-0.39, 0.29) is 0 Å². The Hall–Kier alpha value is -0.0800. The van der Waals surface area contributed by atoms with Crippen LogP contribution in [0.5, 0.6) is 0 Å². The smallest absolute Gasteiger partial charge is 0.0687 e. The molecule has 0 radical (unpaired) electrons. The SMILES string of the molecule is NCCC1CCC2(CCC2)O1. The van der Waals surface area contributed by atoms with E-state index in [0.29, 0.717) is 11.7 Å². The van der Waals surface area contributed by atoms with Crippen LogP contribution in [0.2, 0.25) is 0 Å². The average Bonchev–Trinajstić information content (AvgIpc) is 2.32. The summed E-state index contributed by atoms with van der Waals surface area (Å²) in [5.74, 6) is 0. The van der Waals surface area contributed by atoms with Crippen LogP contribution in [0.15, 0.2) is 0 Å². The molecule has 2 fully saturated rings. The van der Waals surface area contributed by atoms with Crippen molar-refractivity contribution in [3.63, 3.8) is 0 Å². The Bertz CT molecular complexity index is 142. The van der Waals surface area contributed by atoms with Crippen LogP contribution in [-0.4, -0.2) is 18.2 Å². The van der Waals surface area contributed by atoms with Crippen LogP contribution >= 0.6 is 0 Å². The molecule has 2 heteroatoms. The topological polar surface area (TPSA) is 35.2 Å². The van der Waals surface area contributed by atoms with Gasteiger partial charge < -0.3 is 10.5 Å². The normalized spacial score (nSPS) is 34.1. The molecule has 2 nitrogen and oxygen atoms in total. The Morgan fingerprint density at radius 2 is 2.18 bits per heavy atom. The maximum atomic E-state index is 5.95. The third-order valence-corrected chi connectivity index (χ3v) is 3.09. The van der Waals surface area contributed by atoms with Crippen LogP contribution < -0.4 is 5.73 Å². The van der Waals surface area contributed by atoms with Crippen molar-refractivity contribution in [2.75, 3.05) is 6.54 Å². The number of hydrogen-bond acceptors (Lipinski definition) is 2. The highest BCUT2D eigenvalue weighted by Crippen LogP contribution is 2.45. The van der Waals surface area contributed by atoms with E-state index in [2.05, 4.69) is 0 Å². The number of ether oxygens (including phenoxy) is 1. The molecule has 64 valence electrons. The van der Waals surface area contributed by atoms with Crippen LogP contribution in [0.4, 0.5) is 0 Å². The zero-order valence-corrected chi connectivity index (χ0v) is 7.01. The highest BCUT2D eigenvalue weighted by molar-refractivity contribution is 4.95. The quantitative estimate of drug-likeness (QED) is 0.655. The fraction of sp³-hybridized carbons (Fsp3) is 1.00.